The first-order valence-corrected chi connectivity index (χ1v) is 4.80. The van der Waals surface area contributed by atoms with Crippen molar-refractivity contribution in [2.75, 3.05) is 5.75 Å². The van der Waals surface area contributed by atoms with Crippen LogP contribution in [0, 0.1) is 17.7 Å². The summed E-state index contributed by atoms with van der Waals surface area (Å²) in [7, 11) is 0. The minimum Gasteiger partial charge on any atom is -0.206 e. The van der Waals surface area contributed by atoms with E-state index >= 15 is 0 Å². The molecule has 13 heavy (non-hydrogen) atoms. The van der Waals surface area contributed by atoms with Crippen LogP contribution in [-0.4, -0.2) is 5.75 Å². The van der Waals surface area contributed by atoms with E-state index in [4.69, 9.17) is 11.6 Å². The van der Waals surface area contributed by atoms with Crippen LogP contribution in [0.25, 0.3) is 0 Å². The lowest BCUT2D eigenvalue weighted by Crippen LogP contribution is -1.82. The normalized spacial score (nSPS) is 9.15. The highest BCUT2D eigenvalue weighted by Crippen LogP contribution is 2.13. The standard InChI is InChI=1S/C10H8ClFS/c11-9-4-5-10(12)8(7-9)3-1-2-6-13/h4-5,7,13H,2,6H2. The molecule has 68 valence electrons. The molecular formula is C10H8ClFS. The summed E-state index contributed by atoms with van der Waals surface area (Å²) in [5.74, 6) is 5.83. The van der Waals surface area contributed by atoms with Crippen molar-refractivity contribution in [2.24, 2.45) is 0 Å². The van der Waals surface area contributed by atoms with Gasteiger partial charge in [0, 0.05) is 17.2 Å². The summed E-state index contributed by atoms with van der Waals surface area (Å²) in [6.45, 7) is 0. The second-order valence-electron chi connectivity index (χ2n) is 2.40. The van der Waals surface area contributed by atoms with Gasteiger partial charge in [0.2, 0.25) is 0 Å². The van der Waals surface area contributed by atoms with Crippen molar-refractivity contribution in [1.29, 1.82) is 0 Å². The van der Waals surface area contributed by atoms with E-state index in [1.54, 1.807) is 0 Å². The summed E-state index contributed by atoms with van der Waals surface area (Å²) < 4.78 is 13.0. The fourth-order valence-electron chi connectivity index (χ4n) is 0.807. The molecular weight excluding hydrogens is 207 g/mol. The molecule has 0 saturated heterocycles. The highest BCUT2D eigenvalue weighted by Gasteiger charge is 1.98. The Hall–Kier alpha value is -0.650. The highest BCUT2D eigenvalue weighted by molar-refractivity contribution is 7.80. The third-order valence-electron chi connectivity index (χ3n) is 1.39. The Labute approximate surface area is 87.5 Å². The molecule has 0 nitrogen and oxygen atoms in total. The molecule has 0 radical (unpaired) electrons. The Morgan fingerprint density at radius 1 is 1.46 bits per heavy atom. The summed E-state index contributed by atoms with van der Waals surface area (Å²) >= 11 is 9.67. The maximum Gasteiger partial charge on any atom is 0.138 e. The Morgan fingerprint density at radius 3 is 2.92 bits per heavy atom. The van der Waals surface area contributed by atoms with E-state index in [1.165, 1.54) is 18.2 Å². The van der Waals surface area contributed by atoms with Crippen molar-refractivity contribution in [1.82, 2.24) is 0 Å². The zero-order valence-electron chi connectivity index (χ0n) is 6.85. The molecule has 0 unspecified atom stereocenters. The van der Waals surface area contributed by atoms with E-state index in [9.17, 15) is 4.39 Å². The Morgan fingerprint density at radius 2 is 2.23 bits per heavy atom. The topological polar surface area (TPSA) is 0 Å². The van der Waals surface area contributed by atoms with Gasteiger partial charge in [0.05, 0.1) is 5.56 Å². The molecule has 0 aromatic heterocycles. The van der Waals surface area contributed by atoms with E-state index in [0.717, 1.165) is 0 Å². The van der Waals surface area contributed by atoms with Gasteiger partial charge < -0.3 is 0 Å². The number of rotatable bonds is 1. The van der Waals surface area contributed by atoms with Crippen LogP contribution in [0.5, 0.6) is 0 Å². The van der Waals surface area contributed by atoms with Crippen LogP contribution < -0.4 is 0 Å². The van der Waals surface area contributed by atoms with Crippen LogP contribution in [0.2, 0.25) is 5.02 Å². The summed E-state index contributed by atoms with van der Waals surface area (Å²) in [5.41, 5.74) is 0.342. The molecule has 0 atom stereocenters. The minimum atomic E-state index is -0.337. The largest absolute Gasteiger partial charge is 0.206 e. The van der Waals surface area contributed by atoms with Crippen LogP contribution in [-0.2, 0) is 0 Å². The lowest BCUT2D eigenvalue weighted by Gasteiger charge is -1.94. The molecule has 0 N–H and O–H groups in total. The maximum absolute atomic E-state index is 13.0. The van der Waals surface area contributed by atoms with Crippen LogP contribution in [0.15, 0.2) is 18.2 Å². The number of hydrogen-bond donors (Lipinski definition) is 1. The monoisotopic (exact) mass is 214 g/mol. The molecule has 0 aliphatic rings. The van der Waals surface area contributed by atoms with Gasteiger partial charge in [-0.2, -0.15) is 12.6 Å². The van der Waals surface area contributed by atoms with E-state index in [2.05, 4.69) is 24.5 Å². The summed E-state index contributed by atoms with van der Waals surface area (Å²) in [4.78, 5) is 0. The Bertz CT molecular complexity index is 352. The third kappa shape index (κ3) is 3.30. The molecule has 0 aliphatic carbocycles. The first-order chi connectivity index (χ1) is 6.24. The molecule has 1 aromatic carbocycles. The molecule has 0 bridgehead atoms. The predicted molar refractivity (Wildman–Crippen MR) is 56.8 cm³/mol. The predicted octanol–water partition coefficient (Wildman–Crippen LogP) is 3.15. The van der Waals surface area contributed by atoms with Gasteiger partial charge in [0.15, 0.2) is 0 Å². The number of hydrogen-bond acceptors (Lipinski definition) is 1. The minimum absolute atomic E-state index is 0.337. The SMILES string of the molecule is Fc1ccc(Cl)cc1C#CCCS. The average molecular weight is 215 g/mol. The summed E-state index contributed by atoms with van der Waals surface area (Å²) in [6.07, 6.45) is 0.648. The van der Waals surface area contributed by atoms with Gasteiger partial charge in [-0.15, -0.1) is 0 Å². The fourth-order valence-corrected chi connectivity index (χ4v) is 1.09. The lowest BCUT2D eigenvalue weighted by molar-refractivity contribution is 0.624. The lowest BCUT2D eigenvalue weighted by atomic mass is 10.2. The molecule has 0 saturated carbocycles. The van der Waals surface area contributed by atoms with E-state index < -0.39 is 0 Å². The van der Waals surface area contributed by atoms with Gasteiger partial charge in [0.25, 0.3) is 0 Å². The average Bonchev–Trinajstić information content (AvgIpc) is 2.11. The zero-order valence-corrected chi connectivity index (χ0v) is 8.50. The van der Waals surface area contributed by atoms with Gasteiger partial charge in [0.1, 0.15) is 5.82 Å². The molecule has 3 heteroatoms. The van der Waals surface area contributed by atoms with Gasteiger partial charge in [-0.1, -0.05) is 23.4 Å². The van der Waals surface area contributed by atoms with E-state index in [0.29, 0.717) is 22.8 Å². The van der Waals surface area contributed by atoms with Gasteiger partial charge in [-0.05, 0) is 18.2 Å². The van der Waals surface area contributed by atoms with Crippen molar-refractivity contribution in [2.45, 2.75) is 6.42 Å². The van der Waals surface area contributed by atoms with Crippen LogP contribution >= 0.6 is 24.2 Å². The van der Waals surface area contributed by atoms with Crippen molar-refractivity contribution in [3.63, 3.8) is 0 Å². The third-order valence-corrected chi connectivity index (χ3v) is 1.85. The fraction of sp³-hybridized carbons (Fsp3) is 0.200. The first kappa shape index (κ1) is 10.4. The van der Waals surface area contributed by atoms with Gasteiger partial charge >= 0.3 is 0 Å². The second-order valence-corrected chi connectivity index (χ2v) is 3.28. The summed E-state index contributed by atoms with van der Waals surface area (Å²) in [6, 6.07) is 4.33. The number of halogens is 2. The van der Waals surface area contributed by atoms with Gasteiger partial charge in [-0.25, -0.2) is 4.39 Å². The summed E-state index contributed by atoms with van der Waals surface area (Å²) in [5, 5.41) is 0.497. The second kappa shape index (κ2) is 5.16. The van der Waals surface area contributed by atoms with Crippen LogP contribution in [0.4, 0.5) is 4.39 Å². The number of benzene rings is 1. The van der Waals surface area contributed by atoms with Crippen LogP contribution in [0.3, 0.4) is 0 Å². The zero-order chi connectivity index (χ0) is 9.68. The van der Waals surface area contributed by atoms with Crippen molar-refractivity contribution in [3.05, 3.63) is 34.6 Å². The molecule has 1 aromatic rings. The smallest absolute Gasteiger partial charge is 0.138 e. The molecule has 0 heterocycles. The van der Waals surface area contributed by atoms with Gasteiger partial charge in [-0.3, -0.25) is 0 Å². The van der Waals surface area contributed by atoms with E-state index in [-0.39, 0.29) is 5.82 Å². The quantitative estimate of drug-likeness (QED) is 0.539. The Kier molecular flexibility index (Phi) is 4.14. The molecule has 0 aliphatic heterocycles. The van der Waals surface area contributed by atoms with Crippen molar-refractivity contribution < 1.29 is 4.39 Å². The number of thiol groups is 1. The van der Waals surface area contributed by atoms with Crippen molar-refractivity contribution >= 4 is 24.2 Å². The molecule has 1 rings (SSSR count). The first-order valence-electron chi connectivity index (χ1n) is 3.79. The maximum atomic E-state index is 13.0. The molecule has 0 amide bonds. The highest BCUT2D eigenvalue weighted by atomic mass is 35.5. The van der Waals surface area contributed by atoms with Crippen LogP contribution in [0.1, 0.15) is 12.0 Å². The van der Waals surface area contributed by atoms with Crippen molar-refractivity contribution in [3.8, 4) is 11.8 Å². The molecule has 0 spiro atoms. The molecule has 0 fully saturated rings. The Balaban J connectivity index is 2.89. The van der Waals surface area contributed by atoms with E-state index in [1.807, 2.05) is 0 Å².